The van der Waals surface area contributed by atoms with E-state index >= 15 is 0 Å². The lowest BCUT2D eigenvalue weighted by molar-refractivity contribution is 0.431. The van der Waals surface area contributed by atoms with Crippen molar-refractivity contribution in [2.45, 2.75) is 20.4 Å². The van der Waals surface area contributed by atoms with E-state index in [1.165, 1.54) is 0 Å². The Hall–Kier alpha value is -2.99. The number of para-hydroxylation sites is 1. The third kappa shape index (κ3) is 3.50. The standard InChI is InChI=1S/C20H20N4OS/c1-4-11-24-17-8-6-5-7-15(17)18(19(24)25)22-23-20(26)21-16-12-13(2)9-10-14(16)3/h4-10,12,25H,1,11H2,2-3H3,(H,21,26). The number of anilines is 1. The number of rotatable bonds is 4. The van der Waals surface area contributed by atoms with Gasteiger partial charge in [-0.2, -0.15) is 0 Å². The molecule has 1 heterocycles. The average molecular weight is 364 g/mol. The highest BCUT2D eigenvalue weighted by Crippen LogP contribution is 2.38. The normalized spacial score (nSPS) is 11.2. The number of nitrogens with zero attached hydrogens (tertiary/aromatic N) is 3. The summed E-state index contributed by atoms with van der Waals surface area (Å²) in [6, 6.07) is 13.7. The Morgan fingerprint density at radius 1 is 1.27 bits per heavy atom. The number of nitrogens with one attached hydrogen (secondary N) is 1. The van der Waals surface area contributed by atoms with Gasteiger partial charge in [-0.25, -0.2) is 0 Å². The third-order valence-electron chi connectivity index (χ3n) is 4.10. The molecule has 2 aromatic carbocycles. The smallest absolute Gasteiger partial charge is 0.221 e. The molecule has 3 rings (SSSR count). The molecule has 3 aromatic rings. The number of azo groups is 1. The van der Waals surface area contributed by atoms with Crippen LogP contribution in [0.1, 0.15) is 11.1 Å². The van der Waals surface area contributed by atoms with Crippen LogP contribution in [0.25, 0.3) is 10.9 Å². The number of thiocarbonyl (C=S) groups is 1. The SMILES string of the molecule is C=CCn1c(O)c(N=NC(=S)Nc2cc(C)ccc2C)c2ccccc21. The quantitative estimate of drug-likeness (QED) is 0.358. The minimum absolute atomic E-state index is 0.0457. The van der Waals surface area contributed by atoms with E-state index in [1.807, 2.05) is 56.3 Å². The molecule has 0 bridgehead atoms. The average Bonchev–Trinajstić information content (AvgIpc) is 2.89. The largest absolute Gasteiger partial charge is 0.493 e. The van der Waals surface area contributed by atoms with Gasteiger partial charge in [0.15, 0.2) is 5.69 Å². The van der Waals surface area contributed by atoms with Crippen molar-refractivity contribution in [2.24, 2.45) is 10.2 Å². The Kier molecular flexibility index (Phi) is 5.14. The minimum atomic E-state index is 0.0457. The summed E-state index contributed by atoms with van der Waals surface area (Å²) in [5.74, 6) is 0.0457. The van der Waals surface area contributed by atoms with Gasteiger partial charge >= 0.3 is 0 Å². The Bertz CT molecular complexity index is 1020. The van der Waals surface area contributed by atoms with Crippen LogP contribution >= 0.6 is 12.2 Å². The molecule has 0 aliphatic rings. The van der Waals surface area contributed by atoms with E-state index in [2.05, 4.69) is 22.1 Å². The highest BCUT2D eigenvalue weighted by atomic mass is 32.1. The summed E-state index contributed by atoms with van der Waals surface area (Å²) in [4.78, 5) is 0. The molecule has 0 amide bonds. The molecular weight excluding hydrogens is 344 g/mol. The number of aromatic hydroxyl groups is 1. The van der Waals surface area contributed by atoms with Crippen molar-refractivity contribution in [3.05, 3.63) is 66.2 Å². The van der Waals surface area contributed by atoms with Gasteiger partial charge in [0.05, 0.1) is 5.52 Å². The van der Waals surface area contributed by atoms with Crippen molar-refractivity contribution in [3.8, 4) is 5.88 Å². The number of hydrogen-bond donors (Lipinski definition) is 2. The van der Waals surface area contributed by atoms with E-state index in [4.69, 9.17) is 12.2 Å². The summed E-state index contributed by atoms with van der Waals surface area (Å²) in [5.41, 5.74) is 4.36. The molecule has 0 radical (unpaired) electrons. The molecule has 2 N–H and O–H groups in total. The first-order chi connectivity index (χ1) is 12.5. The maximum Gasteiger partial charge on any atom is 0.221 e. The van der Waals surface area contributed by atoms with E-state index in [0.29, 0.717) is 12.2 Å². The second-order valence-corrected chi connectivity index (χ2v) is 6.42. The number of allylic oxidation sites excluding steroid dienone is 1. The zero-order chi connectivity index (χ0) is 18.7. The van der Waals surface area contributed by atoms with Crippen molar-refractivity contribution in [2.75, 3.05) is 5.32 Å². The van der Waals surface area contributed by atoms with Crippen molar-refractivity contribution in [1.82, 2.24) is 4.57 Å². The van der Waals surface area contributed by atoms with E-state index in [-0.39, 0.29) is 11.0 Å². The Balaban J connectivity index is 1.91. The lowest BCUT2D eigenvalue weighted by atomic mass is 10.1. The van der Waals surface area contributed by atoms with Crippen molar-refractivity contribution >= 4 is 39.6 Å². The summed E-state index contributed by atoms with van der Waals surface area (Å²) < 4.78 is 1.73. The first kappa shape index (κ1) is 17.8. The number of hydrogen-bond acceptors (Lipinski definition) is 3. The van der Waals surface area contributed by atoms with Crippen LogP contribution in [0.2, 0.25) is 0 Å². The molecule has 1 aromatic heterocycles. The molecule has 0 saturated carbocycles. The predicted octanol–water partition coefficient (Wildman–Crippen LogP) is 5.63. The fourth-order valence-electron chi connectivity index (χ4n) is 2.79. The molecule has 5 nitrogen and oxygen atoms in total. The van der Waals surface area contributed by atoms with Crippen LogP contribution in [-0.2, 0) is 6.54 Å². The highest BCUT2D eigenvalue weighted by molar-refractivity contribution is 7.80. The second kappa shape index (κ2) is 7.49. The molecular formula is C20H20N4OS. The number of fused-ring (bicyclic) bond motifs is 1. The van der Waals surface area contributed by atoms with Crippen molar-refractivity contribution in [3.63, 3.8) is 0 Å². The molecule has 0 atom stereocenters. The van der Waals surface area contributed by atoms with Crippen molar-refractivity contribution < 1.29 is 5.11 Å². The molecule has 6 heteroatoms. The highest BCUT2D eigenvalue weighted by Gasteiger charge is 2.15. The molecule has 0 unspecified atom stereocenters. The fourth-order valence-corrected chi connectivity index (χ4v) is 2.94. The lowest BCUT2D eigenvalue weighted by Crippen LogP contribution is -2.06. The number of benzene rings is 2. The van der Waals surface area contributed by atoms with Gasteiger partial charge in [0.25, 0.3) is 0 Å². The number of aromatic nitrogens is 1. The molecule has 0 fully saturated rings. The van der Waals surface area contributed by atoms with Gasteiger partial charge in [0.2, 0.25) is 11.0 Å². The topological polar surface area (TPSA) is 61.9 Å². The molecule has 0 saturated heterocycles. The van der Waals surface area contributed by atoms with Crippen LogP contribution in [-0.4, -0.2) is 14.8 Å². The van der Waals surface area contributed by atoms with Crippen LogP contribution in [0, 0.1) is 13.8 Å². The third-order valence-corrected chi connectivity index (χ3v) is 4.29. The van der Waals surface area contributed by atoms with Gasteiger partial charge in [-0.15, -0.1) is 16.8 Å². The van der Waals surface area contributed by atoms with Gasteiger partial charge in [-0.05, 0) is 49.3 Å². The maximum absolute atomic E-state index is 10.5. The predicted molar refractivity (Wildman–Crippen MR) is 110 cm³/mol. The molecule has 0 aliphatic heterocycles. The van der Waals surface area contributed by atoms with Crippen LogP contribution < -0.4 is 5.32 Å². The molecule has 132 valence electrons. The molecule has 0 aliphatic carbocycles. The van der Waals surface area contributed by atoms with Crippen LogP contribution in [0.3, 0.4) is 0 Å². The van der Waals surface area contributed by atoms with Crippen LogP contribution in [0.4, 0.5) is 11.4 Å². The summed E-state index contributed by atoms with van der Waals surface area (Å²) in [7, 11) is 0. The van der Waals surface area contributed by atoms with E-state index in [0.717, 1.165) is 27.7 Å². The summed E-state index contributed by atoms with van der Waals surface area (Å²) in [6.07, 6.45) is 1.72. The monoisotopic (exact) mass is 364 g/mol. The second-order valence-electron chi connectivity index (χ2n) is 6.04. The van der Waals surface area contributed by atoms with Gasteiger partial charge in [-0.3, -0.25) is 0 Å². The van der Waals surface area contributed by atoms with E-state index < -0.39 is 0 Å². The van der Waals surface area contributed by atoms with Crippen LogP contribution in [0.15, 0.2) is 65.3 Å². The Morgan fingerprint density at radius 2 is 2.04 bits per heavy atom. The van der Waals surface area contributed by atoms with Gasteiger partial charge < -0.3 is 15.0 Å². The van der Waals surface area contributed by atoms with Gasteiger partial charge in [0.1, 0.15) is 0 Å². The first-order valence-corrected chi connectivity index (χ1v) is 8.63. The summed E-state index contributed by atoms with van der Waals surface area (Å²) in [5, 5.41) is 22.9. The fraction of sp³-hybridized carbons (Fsp3) is 0.150. The zero-order valence-electron chi connectivity index (χ0n) is 14.7. The van der Waals surface area contributed by atoms with Crippen LogP contribution in [0.5, 0.6) is 5.88 Å². The maximum atomic E-state index is 10.5. The van der Waals surface area contributed by atoms with Gasteiger partial charge in [0, 0.05) is 17.6 Å². The summed E-state index contributed by atoms with van der Waals surface area (Å²) >= 11 is 5.29. The Morgan fingerprint density at radius 3 is 2.81 bits per heavy atom. The first-order valence-electron chi connectivity index (χ1n) is 8.22. The van der Waals surface area contributed by atoms with Gasteiger partial charge in [-0.1, -0.05) is 36.4 Å². The minimum Gasteiger partial charge on any atom is -0.493 e. The van der Waals surface area contributed by atoms with E-state index in [1.54, 1.807) is 10.6 Å². The number of aryl methyl sites for hydroxylation is 2. The summed E-state index contributed by atoms with van der Waals surface area (Å²) in [6.45, 7) is 8.22. The zero-order valence-corrected chi connectivity index (χ0v) is 15.5. The van der Waals surface area contributed by atoms with E-state index in [9.17, 15) is 5.11 Å². The molecule has 0 spiro atoms. The Labute approximate surface area is 157 Å². The molecule has 26 heavy (non-hydrogen) atoms. The van der Waals surface area contributed by atoms with Crippen molar-refractivity contribution in [1.29, 1.82) is 0 Å². The lowest BCUT2D eigenvalue weighted by Gasteiger charge is -2.07.